The molecule has 0 bridgehead atoms. The van der Waals surface area contributed by atoms with Crippen molar-refractivity contribution in [1.29, 1.82) is 0 Å². The first kappa shape index (κ1) is 15.7. The van der Waals surface area contributed by atoms with E-state index in [1.165, 1.54) is 0 Å². The maximum Gasteiger partial charge on any atom is 0.411 e. The minimum atomic E-state index is -4.50. The van der Waals surface area contributed by atoms with E-state index in [9.17, 15) is 22.8 Å². The highest BCUT2D eigenvalue weighted by molar-refractivity contribution is 5.77. The van der Waals surface area contributed by atoms with Crippen LogP contribution in [0.3, 0.4) is 0 Å². The van der Waals surface area contributed by atoms with Gasteiger partial charge in [-0.2, -0.15) is 13.2 Å². The van der Waals surface area contributed by atoms with E-state index in [0.29, 0.717) is 0 Å². The topological polar surface area (TPSA) is 95.9 Å². The number of aliphatic hydroxyl groups is 1. The number of carboxylic acid groups (broad SMARTS) is 1. The van der Waals surface area contributed by atoms with Crippen LogP contribution >= 0.6 is 0 Å². The standard InChI is InChI=1S/C8H12F3NO5/c9-8(10,11)4-17-3-6(14)12-2-1-5(13)7(15)16/h5,13H,1-4H2,(H,12,14)(H,15,16)/t5-/m0/s1. The van der Waals surface area contributed by atoms with Crippen molar-refractivity contribution in [2.45, 2.75) is 18.7 Å². The monoisotopic (exact) mass is 259 g/mol. The summed E-state index contributed by atoms with van der Waals surface area (Å²) in [5.74, 6) is -2.25. The Hall–Kier alpha value is -1.35. The number of hydrogen-bond acceptors (Lipinski definition) is 4. The van der Waals surface area contributed by atoms with Gasteiger partial charge in [0.05, 0.1) is 0 Å². The van der Waals surface area contributed by atoms with Crippen LogP contribution in [-0.4, -0.2) is 54.1 Å². The molecule has 0 aromatic rings. The average molecular weight is 259 g/mol. The minimum absolute atomic E-state index is 0.165. The number of halogens is 3. The second-order valence-corrected chi connectivity index (χ2v) is 3.10. The number of carboxylic acids is 1. The van der Waals surface area contributed by atoms with Gasteiger partial charge in [-0.15, -0.1) is 0 Å². The number of nitrogens with one attached hydrogen (secondary N) is 1. The van der Waals surface area contributed by atoms with Gasteiger partial charge >= 0.3 is 12.1 Å². The van der Waals surface area contributed by atoms with E-state index in [4.69, 9.17) is 10.2 Å². The third-order valence-electron chi connectivity index (χ3n) is 1.52. The van der Waals surface area contributed by atoms with Gasteiger partial charge in [-0.1, -0.05) is 0 Å². The number of hydrogen-bond donors (Lipinski definition) is 3. The zero-order valence-electron chi connectivity index (χ0n) is 8.66. The molecule has 3 N–H and O–H groups in total. The zero-order valence-corrected chi connectivity index (χ0v) is 8.66. The number of aliphatic hydroxyl groups excluding tert-OH is 1. The van der Waals surface area contributed by atoms with Gasteiger partial charge in [0.15, 0.2) is 6.10 Å². The summed E-state index contributed by atoms with van der Waals surface area (Å²) in [5.41, 5.74) is 0. The molecule has 0 saturated carbocycles. The Bertz CT molecular complexity index is 268. The fourth-order valence-electron chi connectivity index (χ4n) is 0.782. The predicted octanol–water partition coefficient (Wildman–Crippen LogP) is -0.483. The van der Waals surface area contributed by atoms with Gasteiger partial charge in [0.2, 0.25) is 5.91 Å². The number of amides is 1. The molecular weight excluding hydrogens is 247 g/mol. The van der Waals surface area contributed by atoms with Crippen molar-refractivity contribution in [2.75, 3.05) is 19.8 Å². The minimum Gasteiger partial charge on any atom is -0.479 e. The van der Waals surface area contributed by atoms with Gasteiger partial charge in [-0.3, -0.25) is 4.79 Å². The third-order valence-corrected chi connectivity index (χ3v) is 1.52. The normalized spacial score (nSPS) is 13.2. The van der Waals surface area contributed by atoms with E-state index in [-0.39, 0.29) is 13.0 Å². The van der Waals surface area contributed by atoms with Crippen molar-refractivity contribution in [2.24, 2.45) is 0 Å². The summed E-state index contributed by atoms with van der Waals surface area (Å²) in [6.45, 7) is -2.47. The van der Waals surface area contributed by atoms with Crippen molar-refractivity contribution in [3.05, 3.63) is 0 Å². The van der Waals surface area contributed by atoms with Gasteiger partial charge in [-0.05, 0) is 0 Å². The fourth-order valence-corrected chi connectivity index (χ4v) is 0.782. The molecule has 0 radical (unpaired) electrons. The molecule has 0 spiro atoms. The molecule has 0 saturated heterocycles. The van der Waals surface area contributed by atoms with Crippen molar-refractivity contribution in [1.82, 2.24) is 5.32 Å². The molecule has 0 aromatic carbocycles. The van der Waals surface area contributed by atoms with E-state index in [2.05, 4.69) is 10.1 Å². The van der Waals surface area contributed by atoms with Crippen LogP contribution < -0.4 is 5.32 Å². The lowest BCUT2D eigenvalue weighted by Crippen LogP contribution is -2.33. The Morgan fingerprint density at radius 3 is 2.41 bits per heavy atom. The van der Waals surface area contributed by atoms with Crippen LogP contribution in [0.5, 0.6) is 0 Å². The highest BCUT2D eigenvalue weighted by atomic mass is 19.4. The van der Waals surface area contributed by atoms with E-state index in [1.54, 1.807) is 0 Å². The first-order valence-corrected chi connectivity index (χ1v) is 4.54. The van der Waals surface area contributed by atoms with Gasteiger partial charge in [-0.25, -0.2) is 4.79 Å². The first-order chi connectivity index (χ1) is 7.72. The maximum atomic E-state index is 11.6. The summed E-state index contributed by atoms with van der Waals surface area (Å²) in [7, 11) is 0. The molecular formula is C8H12F3NO5. The SMILES string of the molecule is O=C(COCC(F)(F)F)NCC[C@H](O)C(=O)O. The summed E-state index contributed by atoms with van der Waals surface area (Å²) in [6, 6.07) is 0. The molecule has 0 aliphatic heterocycles. The average Bonchev–Trinajstić information content (AvgIpc) is 2.15. The van der Waals surface area contributed by atoms with Crippen molar-refractivity contribution in [3.8, 4) is 0 Å². The number of alkyl halides is 3. The number of rotatable bonds is 7. The quantitative estimate of drug-likeness (QED) is 0.573. The molecule has 0 aliphatic rings. The van der Waals surface area contributed by atoms with E-state index >= 15 is 0 Å². The number of carbonyl (C=O) groups excluding carboxylic acids is 1. The number of aliphatic carboxylic acids is 1. The van der Waals surface area contributed by atoms with Crippen molar-refractivity contribution < 1.29 is 37.7 Å². The van der Waals surface area contributed by atoms with Crippen molar-refractivity contribution >= 4 is 11.9 Å². The Morgan fingerprint density at radius 2 is 1.94 bits per heavy atom. The Balaban J connectivity index is 3.57. The lowest BCUT2D eigenvalue weighted by atomic mass is 10.2. The summed E-state index contributed by atoms with van der Waals surface area (Å²) in [6.07, 6.45) is -6.36. The van der Waals surface area contributed by atoms with E-state index in [1.807, 2.05) is 0 Å². The molecule has 0 heterocycles. The molecule has 0 aliphatic carbocycles. The predicted molar refractivity (Wildman–Crippen MR) is 48.1 cm³/mol. The summed E-state index contributed by atoms with van der Waals surface area (Å²) >= 11 is 0. The molecule has 0 unspecified atom stereocenters. The smallest absolute Gasteiger partial charge is 0.411 e. The molecule has 0 fully saturated rings. The van der Waals surface area contributed by atoms with Crippen LogP contribution in [0, 0.1) is 0 Å². The number of ether oxygens (including phenoxy) is 1. The molecule has 0 aromatic heterocycles. The maximum absolute atomic E-state index is 11.6. The highest BCUT2D eigenvalue weighted by Gasteiger charge is 2.27. The fraction of sp³-hybridized carbons (Fsp3) is 0.750. The van der Waals surface area contributed by atoms with Crippen LogP contribution in [0.15, 0.2) is 0 Å². The molecule has 100 valence electrons. The van der Waals surface area contributed by atoms with Crippen LogP contribution in [0.25, 0.3) is 0 Å². The van der Waals surface area contributed by atoms with Gasteiger partial charge in [0.25, 0.3) is 0 Å². The Labute approximate surface area is 94.4 Å². The van der Waals surface area contributed by atoms with Gasteiger partial charge in [0, 0.05) is 13.0 Å². The molecule has 1 amide bonds. The summed E-state index contributed by atoms with van der Waals surface area (Å²) in [4.78, 5) is 21.0. The van der Waals surface area contributed by atoms with Crippen LogP contribution in [0.4, 0.5) is 13.2 Å². The Morgan fingerprint density at radius 1 is 1.35 bits per heavy atom. The second-order valence-electron chi connectivity index (χ2n) is 3.10. The number of carbonyl (C=O) groups is 2. The lowest BCUT2D eigenvalue weighted by Gasteiger charge is -2.09. The first-order valence-electron chi connectivity index (χ1n) is 4.54. The van der Waals surface area contributed by atoms with E-state index < -0.39 is 37.4 Å². The van der Waals surface area contributed by atoms with Gasteiger partial charge < -0.3 is 20.3 Å². The van der Waals surface area contributed by atoms with Crippen LogP contribution in [-0.2, 0) is 14.3 Å². The zero-order chi connectivity index (χ0) is 13.5. The highest BCUT2D eigenvalue weighted by Crippen LogP contribution is 2.13. The van der Waals surface area contributed by atoms with Crippen molar-refractivity contribution in [3.63, 3.8) is 0 Å². The molecule has 0 rings (SSSR count). The molecule has 6 nitrogen and oxygen atoms in total. The summed E-state index contributed by atoms with van der Waals surface area (Å²) < 4.78 is 38.8. The van der Waals surface area contributed by atoms with Crippen LogP contribution in [0.1, 0.15) is 6.42 Å². The third kappa shape index (κ3) is 9.57. The molecule has 9 heteroatoms. The largest absolute Gasteiger partial charge is 0.479 e. The second kappa shape index (κ2) is 7.07. The van der Waals surface area contributed by atoms with Gasteiger partial charge in [0.1, 0.15) is 13.2 Å². The Kier molecular flexibility index (Phi) is 6.51. The summed E-state index contributed by atoms with van der Waals surface area (Å²) in [5, 5.41) is 19.2. The lowest BCUT2D eigenvalue weighted by molar-refractivity contribution is -0.175. The van der Waals surface area contributed by atoms with E-state index in [0.717, 1.165) is 0 Å². The molecule has 1 atom stereocenters. The van der Waals surface area contributed by atoms with Crippen LogP contribution in [0.2, 0.25) is 0 Å². The molecule has 17 heavy (non-hydrogen) atoms.